The van der Waals surface area contributed by atoms with Crippen molar-refractivity contribution in [1.29, 1.82) is 0 Å². The highest BCUT2D eigenvalue weighted by Crippen LogP contribution is 2.17. The van der Waals surface area contributed by atoms with E-state index in [0.29, 0.717) is 6.42 Å². The molecule has 0 saturated heterocycles. The van der Waals surface area contributed by atoms with Crippen LogP contribution in [-0.4, -0.2) is 16.1 Å². The first kappa shape index (κ1) is 10.3. The number of aromatic amines is 1. The van der Waals surface area contributed by atoms with Gasteiger partial charge in [-0.25, -0.2) is 0 Å². The van der Waals surface area contributed by atoms with Crippen LogP contribution in [0.5, 0.6) is 0 Å². The number of H-pyrrole nitrogens is 1. The van der Waals surface area contributed by atoms with Crippen molar-refractivity contribution in [3.8, 4) is 11.8 Å². The third kappa shape index (κ3) is 2.23. The number of fused-ring (bicyclic) bond motifs is 1. The van der Waals surface area contributed by atoms with Crippen LogP contribution in [0.25, 0.3) is 10.9 Å². The Morgan fingerprint density at radius 1 is 1.31 bits per heavy atom. The first-order valence-corrected chi connectivity index (χ1v) is 5.00. The number of aromatic nitrogens is 1. The second kappa shape index (κ2) is 4.54. The second-order valence-electron chi connectivity index (χ2n) is 3.46. The molecule has 16 heavy (non-hydrogen) atoms. The molecule has 2 rings (SSSR count). The van der Waals surface area contributed by atoms with Gasteiger partial charge in [-0.2, -0.15) is 0 Å². The lowest BCUT2D eigenvalue weighted by atomic mass is 10.1. The van der Waals surface area contributed by atoms with Gasteiger partial charge in [0.25, 0.3) is 0 Å². The van der Waals surface area contributed by atoms with Gasteiger partial charge in [0.15, 0.2) is 0 Å². The van der Waals surface area contributed by atoms with Crippen LogP contribution in [-0.2, 0) is 11.2 Å². The molecule has 0 aliphatic heterocycles. The lowest BCUT2D eigenvalue weighted by Crippen LogP contribution is -1.90. The molecule has 1 heterocycles. The minimum absolute atomic E-state index is 0.0949. The first-order valence-electron chi connectivity index (χ1n) is 5.00. The molecule has 0 aliphatic rings. The van der Waals surface area contributed by atoms with Crippen LogP contribution in [0.2, 0.25) is 0 Å². The maximum Gasteiger partial charge on any atom is 0.315 e. The zero-order valence-electron chi connectivity index (χ0n) is 8.66. The van der Waals surface area contributed by atoms with Gasteiger partial charge < -0.3 is 10.1 Å². The van der Waals surface area contributed by atoms with Gasteiger partial charge >= 0.3 is 5.97 Å². The number of hydrogen-bond acceptors (Lipinski definition) is 1. The molecule has 0 atom stereocenters. The Morgan fingerprint density at radius 2 is 2.12 bits per heavy atom. The summed E-state index contributed by atoms with van der Waals surface area (Å²) < 4.78 is 0. The predicted octanol–water partition coefficient (Wildman–Crippen LogP) is 2.19. The van der Waals surface area contributed by atoms with Gasteiger partial charge in [-0.3, -0.25) is 4.79 Å². The average Bonchev–Trinajstić information content (AvgIpc) is 2.68. The SMILES string of the molecule is O=C(O)CC#CCc1c[nH]c2ccccc12. The molecule has 0 bridgehead atoms. The highest BCUT2D eigenvalue weighted by molar-refractivity contribution is 5.83. The number of para-hydroxylation sites is 1. The Bertz CT molecular complexity index is 572. The van der Waals surface area contributed by atoms with Gasteiger partial charge in [0.2, 0.25) is 0 Å². The van der Waals surface area contributed by atoms with E-state index in [-0.39, 0.29) is 6.42 Å². The quantitative estimate of drug-likeness (QED) is 0.751. The normalized spacial score (nSPS) is 9.75. The van der Waals surface area contributed by atoms with E-state index in [1.165, 1.54) is 0 Å². The van der Waals surface area contributed by atoms with Gasteiger partial charge in [-0.05, 0) is 11.6 Å². The van der Waals surface area contributed by atoms with E-state index in [4.69, 9.17) is 5.11 Å². The fraction of sp³-hybridized carbons (Fsp3) is 0.154. The smallest absolute Gasteiger partial charge is 0.315 e. The van der Waals surface area contributed by atoms with Gasteiger partial charge in [0.05, 0.1) is 0 Å². The highest BCUT2D eigenvalue weighted by atomic mass is 16.4. The molecule has 0 spiro atoms. The van der Waals surface area contributed by atoms with Crippen molar-refractivity contribution in [2.75, 3.05) is 0 Å². The number of benzene rings is 1. The largest absolute Gasteiger partial charge is 0.481 e. The Balaban J connectivity index is 2.15. The third-order valence-electron chi connectivity index (χ3n) is 2.32. The lowest BCUT2D eigenvalue weighted by Gasteiger charge is -1.91. The summed E-state index contributed by atoms with van der Waals surface area (Å²) in [5.41, 5.74) is 2.19. The van der Waals surface area contributed by atoms with Crippen molar-refractivity contribution in [3.63, 3.8) is 0 Å². The first-order chi connectivity index (χ1) is 7.77. The molecular formula is C13H11NO2. The molecule has 2 N–H and O–H groups in total. The van der Waals surface area contributed by atoms with Crippen LogP contribution in [0.1, 0.15) is 12.0 Å². The molecule has 80 valence electrons. The molecule has 0 aliphatic carbocycles. The molecular weight excluding hydrogens is 202 g/mol. The third-order valence-corrected chi connectivity index (χ3v) is 2.32. The summed E-state index contributed by atoms with van der Waals surface area (Å²) in [4.78, 5) is 13.4. The standard InChI is InChI=1S/C13H11NO2/c15-13(16)8-4-1-5-10-9-14-12-7-3-2-6-11(10)12/h2-3,6-7,9,14H,5,8H2,(H,15,16). The number of aliphatic carboxylic acids is 1. The van der Waals surface area contributed by atoms with Crippen molar-refractivity contribution in [3.05, 3.63) is 36.0 Å². The number of carbonyl (C=O) groups is 1. The Labute approximate surface area is 93.1 Å². The predicted molar refractivity (Wildman–Crippen MR) is 62.0 cm³/mol. The monoisotopic (exact) mass is 213 g/mol. The van der Waals surface area contributed by atoms with Gasteiger partial charge in [-0.1, -0.05) is 30.0 Å². The van der Waals surface area contributed by atoms with Gasteiger partial charge in [0, 0.05) is 23.5 Å². The van der Waals surface area contributed by atoms with Crippen molar-refractivity contribution in [1.82, 2.24) is 4.98 Å². The summed E-state index contributed by atoms with van der Waals surface area (Å²) in [6.07, 6.45) is 2.40. The zero-order valence-corrected chi connectivity index (χ0v) is 8.66. The maximum atomic E-state index is 10.3. The fourth-order valence-electron chi connectivity index (χ4n) is 1.57. The minimum atomic E-state index is -0.883. The molecule has 0 amide bonds. The highest BCUT2D eigenvalue weighted by Gasteiger charge is 2.00. The van der Waals surface area contributed by atoms with Crippen molar-refractivity contribution >= 4 is 16.9 Å². The molecule has 3 heteroatoms. The molecule has 0 fully saturated rings. The lowest BCUT2D eigenvalue weighted by molar-refractivity contribution is -0.135. The number of carboxylic acid groups (broad SMARTS) is 1. The van der Waals surface area contributed by atoms with E-state index in [0.717, 1.165) is 16.5 Å². The van der Waals surface area contributed by atoms with Crippen LogP contribution in [0.4, 0.5) is 0 Å². The van der Waals surface area contributed by atoms with Crippen LogP contribution in [0, 0.1) is 11.8 Å². The molecule has 2 aromatic rings. The van der Waals surface area contributed by atoms with Crippen LogP contribution < -0.4 is 0 Å². The summed E-state index contributed by atoms with van der Waals surface area (Å²) >= 11 is 0. The maximum absolute atomic E-state index is 10.3. The Morgan fingerprint density at radius 3 is 2.94 bits per heavy atom. The van der Waals surface area contributed by atoms with Crippen LogP contribution in [0.3, 0.4) is 0 Å². The fourth-order valence-corrected chi connectivity index (χ4v) is 1.57. The molecule has 0 radical (unpaired) electrons. The molecule has 1 aromatic carbocycles. The summed E-state index contributed by atoms with van der Waals surface area (Å²) in [5.74, 6) is 4.60. The number of carboxylic acids is 1. The number of hydrogen-bond donors (Lipinski definition) is 2. The van der Waals surface area contributed by atoms with E-state index < -0.39 is 5.97 Å². The molecule has 3 nitrogen and oxygen atoms in total. The number of nitrogens with one attached hydrogen (secondary N) is 1. The van der Waals surface area contributed by atoms with Crippen LogP contribution >= 0.6 is 0 Å². The van der Waals surface area contributed by atoms with Gasteiger partial charge in [0.1, 0.15) is 6.42 Å². The summed E-state index contributed by atoms with van der Waals surface area (Å²) in [5, 5.41) is 9.58. The van der Waals surface area contributed by atoms with Gasteiger partial charge in [-0.15, -0.1) is 0 Å². The Kier molecular flexibility index (Phi) is 2.93. The average molecular weight is 213 g/mol. The van der Waals surface area contributed by atoms with Crippen molar-refractivity contribution < 1.29 is 9.90 Å². The van der Waals surface area contributed by atoms with E-state index in [1.807, 2.05) is 30.5 Å². The van der Waals surface area contributed by atoms with Crippen LogP contribution in [0.15, 0.2) is 30.5 Å². The molecule has 0 saturated carbocycles. The van der Waals surface area contributed by atoms with E-state index >= 15 is 0 Å². The topological polar surface area (TPSA) is 53.1 Å². The van der Waals surface area contributed by atoms with Crippen molar-refractivity contribution in [2.24, 2.45) is 0 Å². The summed E-state index contributed by atoms with van der Waals surface area (Å²) in [6, 6.07) is 7.98. The molecule has 1 aromatic heterocycles. The van der Waals surface area contributed by atoms with E-state index in [1.54, 1.807) is 0 Å². The second-order valence-corrected chi connectivity index (χ2v) is 3.46. The van der Waals surface area contributed by atoms with E-state index in [2.05, 4.69) is 16.8 Å². The minimum Gasteiger partial charge on any atom is -0.481 e. The van der Waals surface area contributed by atoms with Crippen molar-refractivity contribution in [2.45, 2.75) is 12.8 Å². The van der Waals surface area contributed by atoms with E-state index in [9.17, 15) is 4.79 Å². The number of rotatable bonds is 2. The summed E-state index contributed by atoms with van der Waals surface area (Å²) in [7, 11) is 0. The summed E-state index contributed by atoms with van der Waals surface area (Å²) in [6.45, 7) is 0. The zero-order chi connectivity index (χ0) is 11.4. The Hall–Kier alpha value is -2.21. The molecule has 0 unspecified atom stereocenters.